The molecule has 0 bridgehead atoms. The molecular weight excluding hydrogens is 304 g/mol. The summed E-state index contributed by atoms with van der Waals surface area (Å²) >= 11 is 7.48. The van der Waals surface area contributed by atoms with E-state index in [1.807, 2.05) is 32.0 Å². The van der Waals surface area contributed by atoms with Crippen molar-refractivity contribution >= 4 is 22.9 Å². The monoisotopic (exact) mass is 320 g/mol. The standard InChI is InChI=1S/C16H17ClN2OS/c1-3-12(19)16(14-6-7-15(17)21-14)20-13-8-11(9-18)5-4-10(13)2/h4-8,12,16H,3,19H2,1-2H3. The highest BCUT2D eigenvalue weighted by Crippen LogP contribution is 2.34. The summed E-state index contributed by atoms with van der Waals surface area (Å²) in [4.78, 5) is 0.996. The van der Waals surface area contributed by atoms with Gasteiger partial charge in [-0.1, -0.05) is 24.6 Å². The van der Waals surface area contributed by atoms with Crippen LogP contribution < -0.4 is 10.5 Å². The first-order chi connectivity index (χ1) is 10.0. The number of ether oxygens (including phenoxy) is 1. The van der Waals surface area contributed by atoms with E-state index in [0.29, 0.717) is 15.6 Å². The highest BCUT2D eigenvalue weighted by Gasteiger charge is 2.23. The number of aryl methyl sites for hydroxylation is 1. The predicted molar refractivity (Wildman–Crippen MR) is 86.9 cm³/mol. The van der Waals surface area contributed by atoms with Gasteiger partial charge < -0.3 is 10.5 Å². The first-order valence-electron chi connectivity index (χ1n) is 6.73. The SMILES string of the molecule is CCC(N)C(Oc1cc(C#N)ccc1C)c1ccc(Cl)s1. The van der Waals surface area contributed by atoms with Crippen LogP contribution in [-0.2, 0) is 0 Å². The maximum absolute atomic E-state index is 9.02. The van der Waals surface area contributed by atoms with Crippen LogP contribution in [-0.4, -0.2) is 6.04 Å². The molecule has 0 aliphatic heterocycles. The van der Waals surface area contributed by atoms with Gasteiger partial charge in [-0.05, 0) is 43.2 Å². The van der Waals surface area contributed by atoms with Gasteiger partial charge >= 0.3 is 0 Å². The Bertz CT molecular complexity index is 663. The minimum Gasteiger partial charge on any atom is -0.483 e. The molecule has 2 aromatic rings. The zero-order valence-electron chi connectivity index (χ0n) is 12.0. The van der Waals surface area contributed by atoms with Crippen molar-refractivity contribution in [3.8, 4) is 11.8 Å². The molecule has 3 nitrogen and oxygen atoms in total. The summed E-state index contributed by atoms with van der Waals surface area (Å²) in [6, 6.07) is 11.2. The summed E-state index contributed by atoms with van der Waals surface area (Å²) in [6.07, 6.45) is 0.525. The summed E-state index contributed by atoms with van der Waals surface area (Å²) in [5, 5.41) is 9.02. The number of nitrogens with two attached hydrogens (primary N) is 1. The number of benzene rings is 1. The number of rotatable bonds is 5. The molecule has 1 aromatic carbocycles. The Balaban J connectivity index is 2.33. The number of halogens is 1. The van der Waals surface area contributed by atoms with E-state index in [1.54, 1.807) is 12.1 Å². The lowest BCUT2D eigenvalue weighted by Crippen LogP contribution is -2.31. The zero-order chi connectivity index (χ0) is 15.4. The van der Waals surface area contributed by atoms with Gasteiger partial charge in [0.1, 0.15) is 11.9 Å². The third-order valence-electron chi connectivity index (χ3n) is 3.31. The van der Waals surface area contributed by atoms with Crippen LogP contribution in [0.3, 0.4) is 0 Å². The minimum atomic E-state index is -0.264. The number of nitrogens with zero attached hydrogens (tertiary/aromatic N) is 1. The molecule has 0 radical (unpaired) electrons. The molecule has 2 rings (SSSR count). The second kappa shape index (κ2) is 6.95. The Kier molecular flexibility index (Phi) is 5.24. The Morgan fingerprint density at radius 1 is 1.38 bits per heavy atom. The molecule has 1 aromatic heterocycles. The van der Waals surface area contributed by atoms with Gasteiger partial charge in [-0.25, -0.2) is 0 Å². The van der Waals surface area contributed by atoms with Gasteiger partial charge in [0.05, 0.1) is 16.0 Å². The van der Waals surface area contributed by atoms with Crippen LogP contribution in [0.4, 0.5) is 0 Å². The summed E-state index contributed by atoms with van der Waals surface area (Å²) in [7, 11) is 0. The Labute approximate surface area is 133 Å². The fourth-order valence-electron chi connectivity index (χ4n) is 1.99. The van der Waals surface area contributed by atoms with Crippen molar-refractivity contribution in [1.29, 1.82) is 5.26 Å². The highest BCUT2D eigenvalue weighted by molar-refractivity contribution is 7.16. The molecule has 0 aliphatic rings. The van der Waals surface area contributed by atoms with E-state index in [2.05, 4.69) is 6.07 Å². The van der Waals surface area contributed by atoms with E-state index in [9.17, 15) is 0 Å². The maximum Gasteiger partial charge on any atom is 0.148 e. The molecule has 2 unspecified atom stereocenters. The first kappa shape index (κ1) is 15.8. The average molecular weight is 321 g/mol. The Hall–Kier alpha value is -1.54. The third kappa shape index (κ3) is 3.76. The molecule has 21 heavy (non-hydrogen) atoms. The molecule has 1 heterocycles. The largest absolute Gasteiger partial charge is 0.483 e. The molecule has 0 spiro atoms. The lowest BCUT2D eigenvalue weighted by Gasteiger charge is -2.24. The lowest BCUT2D eigenvalue weighted by atomic mass is 10.1. The molecule has 0 saturated carbocycles. The van der Waals surface area contributed by atoms with Crippen molar-refractivity contribution in [1.82, 2.24) is 0 Å². The van der Waals surface area contributed by atoms with E-state index in [0.717, 1.165) is 16.9 Å². The predicted octanol–water partition coefficient (Wildman–Crippen LogP) is 4.44. The van der Waals surface area contributed by atoms with Crippen molar-refractivity contribution in [3.05, 3.63) is 50.7 Å². The van der Waals surface area contributed by atoms with Crippen LogP contribution in [0, 0.1) is 18.3 Å². The van der Waals surface area contributed by atoms with Gasteiger partial charge in [-0.3, -0.25) is 0 Å². The summed E-state index contributed by atoms with van der Waals surface area (Å²) in [5.74, 6) is 0.687. The molecule has 110 valence electrons. The summed E-state index contributed by atoms with van der Waals surface area (Å²) in [6.45, 7) is 3.97. The fourth-order valence-corrected chi connectivity index (χ4v) is 3.15. The van der Waals surface area contributed by atoms with Gasteiger partial charge in [0.15, 0.2) is 0 Å². The van der Waals surface area contributed by atoms with Gasteiger partial charge in [0, 0.05) is 10.9 Å². The number of thiophene rings is 1. The molecule has 0 amide bonds. The topological polar surface area (TPSA) is 59.0 Å². The number of hydrogen-bond donors (Lipinski definition) is 1. The average Bonchev–Trinajstić information content (AvgIpc) is 2.91. The van der Waals surface area contributed by atoms with Crippen LogP contribution in [0.25, 0.3) is 0 Å². The van der Waals surface area contributed by atoms with Crippen molar-refractivity contribution in [3.63, 3.8) is 0 Å². The van der Waals surface area contributed by atoms with Crippen LogP contribution in [0.1, 0.15) is 35.5 Å². The number of nitriles is 1. The fraction of sp³-hybridized carbons (Fsp3) is 0.312. The summed E-state index contributed by atoms with van der Waals surface area (Å²) in [5.41, 5.74) is 7.75. The molecule has 0 saturated heterocycles. The van der Waals surface area contributed by atoms with Crippen molar-refractivity contribution < 1.29 is 4.74 Å². The van der Waals surface area contributed by atoms with Gasteiger partial charge in [0.2, 0.25) is 0 Å². The Morgan fingerprint density at radius 2 is 2.14 bits per heavy atom. The first-order valence-corrected chi connectivity index (χ1v) is 7.92. The normalized spacial score (nSPS) is 13.5. The van der Waals surface area contributed by atoms with E-state index in [-0.39, 0.29) is 12.1 Å². The molecule has 2 N–H and O–H groups in total. The molecule has 2 atom stereocenters. The lowest BCUT2D eigenvalue weighted by molar-refractivity contribution is 0.173. The van der Waals surface area contributed by atoms with Gasteiger partial charge in [-0.15, -0.1) is 11.3 Å². The van der Waals surface area contributed by atoms with Crippen LogP contribution in [0.15, 0.2) is 30.3 Å². The minimum absolute atomic E-state index is 0.134. The molecule has 0 fully saturated rings. The Morgan fingerprint density at radius 3 is 2.71 bits per heavy atom. The second-order valence-corrected chi connectivity index (χ2v) is 6.59. The third-order valence-corrected chi connectivity index (χ3v) is 4.60. The smallest absolute Gasteiger partial charge is 0.148 e. The maximum atomic E-state index is 9.02. The molecule has 5 heteroatoms. The van der Waals surface area contributed by atoms with Crippen molar-refractivity contribution in [2.75, 3.05) is 0 Å². The quantitative estimate of drug-likeness (QED) is 0.886. The van der Waals surface area contributed by atoms with E-state index >= 15 is 0 Å². The van der Waals surface area contributed by atoms with Crippen LogP contribution in [0.2, 0.25) is 4.34 Å². The highest BCUT2D eigenvalue weighted by atomic mass is 35.5. The summed E-state index contributed by atoms with van der Waals surface area (Å²) < 4.78 is 6.83. The number of hydrogen-bond acceptors (Lipinski definition) is 4. The van der Waals surface area contributed by atoms with E-state index in [1.165, 1.54) is 11.3 Å². The van der Waals surface area contributed by atoms with Crippen LogP contribution >= 0.6 is 22.9 Å². The molecule has 0 aliphatic carbocycles. The second-order valence-electron chi connectivity index (χ2n) is 4.84. The van der Waals surface area contributed by atoms with Crippen LogP contribution in [0.5, 0.6) is 5.75 Å². The van der Waals surface area contributed by atoms with Gasteiger partial charge in [0.25, 0.3) is 0 Å². The van der Waals surface area contributed by atoms with E-state index < -0.39 is 0 Å². The molecular formula is C16H17ClN2OS. The van der Waals surface area contributed by atoms with Gasteiger partial charge in [-0.2, -0.15) is 5.26 Å². The van der Waals surface area contributed by atoms with E-state index in [4.69, 9.17) is 27.3 Å². The van der Waals surface area contributed by atoms with Crippen molar-refractivity contribution in [2.24, 2.45) is 5.73 Å². The zero-order valence-corrected chi connectivity index (χ0v) is 13.5. The van der Waals surface area contributed by atoms with Crippen molar-refractivity contribution in [2.45, 2.75) is 32.4 Å².